The topological polar surface area (TPSA) is 30.9 Å². The lowest BCUT2D eigenvalue weighted by Crippen LogP contribution is -1.94. The summed E-state index contributed by atoms with van der Waals surface area (Å²) in [6.45, 7) is 9.91. The zero-order chi connectivity index (χ0) is 26.9. The third-order valence-electron chi connectivity index (χ3n) is 7.57. The van der Waals surface area contributed by atoms with Crippen molar-refractivity contribution in [3.8, 4) is 16.8 Å². The Morgan fingerprint density at radius 3 is 2.03 bits per heavy atom. The Labute approximate surface area is 229 Å². The van der Waals surface area contributed by atoms with Gasteiger partial charge in [0.2, 0.25) is 0 Å². The van der Waals surface area contributed by atoms with Gasteiger partial charge in [-0.05, 0) is 70.0 Å². The summed E-state index contributed by atoms with van der Waals surface area (Å²) < 4.78 is 2.40. The lowest BCUT2D eigenvalue weighted by Gasteiger charge is -2.11. The summed E-state index contributed by atoms with van der Waals surface area (Å²) in [5.74, 6) is 0. The van der Waals surface area contributed by atoms with Crippen LogP contribution in [0.1, 0.15) is 18.1 Å². The minimum absolute atomic E-state index is 0.922. The predicted octanol–water partition coefficient (Wildman–Crippen LogP) is 9.68. The molecule has 0 bridgehead atoms. The molecule has 0 aliphatic heterocycles. The number of para-hydroxylation sites is 1. The Kier molecular flexibility index (Phi) is 6.22. The monoisotopic (exact) mass is 502 g/mol. The summed E-state index contributed by atoms with van der Waals surface area (Å²) in [5.41, 5.74) is 15.9. The molecule has 0 unspecified atom stereocenters. The van der Waals surface area contributed by atoms with Crippen molar-refractivity contribution < 1.29 is 0 Å². The highest BCUT2D eigenvalue weighted by Gasteiger charge is 2.16. The van der Waals surface area contributed by atoms with E-state index in [9.17, 15) is 0 Å². The van der Waals surface area contributed by atoms with E-state index in [1.807, 2.05) is 6.08 Å². The van der Waals surface area contributed by atoms with Gasteiger partial charge in [0.05, 0.1) is 11.0 Å². The van der Waals surface area contributed by atoms with Gasteiger partial charge in [0.15, 0.2) is 0 Å². The van der Waals surface area contributed by atoms with Crippen molar-refractivity contribution in [2.75, 3.05) is 0 Å². The van der Waals surface area contributed by atoms with Crippen LogP contribution in [-0.2, 0) is 0 Å². The van der Waals surface area contributed by atoms with Crippen LogP contribution < -0.4 is 5.73 Å². The normalized spacial score (nSPS) is 12.3. The number of allylic oxidation sites excluding steroid dienone is 5. The molecule has 1 aromatic heterocycles. The van der Waals surface area contributed by atoms with E-state index in [0.29, 0.717) is 0 Å². The van der Waals surface area contributed by atoms with E-state index in [2.05, 4.69) is 134 Å². The van der Waals surface area contributed by atoms with Crippen molar-refractivity contribution in [1.29, 1.82) is 0 Å². The standard InChI is InChI=1S/C37H30N2/c1-4-25(5-2)29-16-19-33-31(22-29)18-21-35-34-20-17-30(28-14-12-27(13-15-28)26(6-3)24-38)23-36(34)39(37(33)35)32-10-8-7-9-11-32/h4-24H,1,3,38H2,2H3/b25-5+,26-24+. The number of fused-ring (bicyclic) bond motifs is 5. The number of benzene rings is 5. The van der Waals surface area contributed by atoms with Crippen LogP contribution in [0.4, 0.5) is 0 Å². The van der Waals surface area contributed by atoms with E-state index in [1.165, 1.54) is 43.7 Å². The SMILES string of the molecule is C=C/C(=C\N)c1ccc(-c2ccc3c4ccc5cc(/C(C=C)=C/C)ccc5c4n(-c4ccccc4)c3c2)cc1. The Morgan fingerprint density at radius 1 is 0.667 bits per heavy atom. The van der Waals surface area contributed by atoms with Crippen LogP contribution in [0.2, 0.25) is 0 Å². The summed E-state index contributed by atoms with van der Waals surface area (Å²) in [4.78, 5) is 0. The maximum atomic E-state index is 5.77. The van der Waals surface area contributed by atoms with Gasteiger partial charge in [0.1, 0.15) is 0 Å². The highest BCUT2D eigenvalue weighted by Crippen LogP contribution is 2.39. The molecule has 39 heavy (non-hydrogen) atoms. The van der Waals surface area contributed by atoms with E-state index < -0.39 is 0 Å². The molecule has 2 nitrogen and oxygen atoms in total. The van der Waals surface area contributed by atoms with Gasteiger partial charge in [-0.2, -0.15) is 0 Å². The Balaban J connectivity index is 1.62. The molecule has 2 N–H and O–H groups in total. The molecule has 6 aromatic rings. The van der Waals surface area contributed by atoms with Crippen LogP contribution in [0, 0.1) is 0 Å². The van der Waals surface area contributed by atoms with Gasteiger partial charge in [-0.15, -0.1) is 0 Å². The van der Waals surface area contributed by atoms with Gasteiger partial charge < -0.3 is 10.3 Å². The maximum absolute atomic E-state index is 5.77. The third kappa shape index (κ3) is 4.07. The van der Waals surface area contributed by atoms with Crippen LogP contribution in [0.3, 0.4) is 0 Å². The molecular formula is C37H30N2. The van der Waals surface area contributed by atoms with Crippen molar-refractivity contribution in [2.45, 2.75) is 6.92 Å². The van der Waals surface area contributed by atoms with E-state index >= 15 is 0 Å². The lowest BCUT2D eigenvalue weighted by molar-refractivity contribution is 1.19. The van der Waals surface area contributed by atoms with E-state index in [4.69, 9.17) is 5.73 Å². The summed E-state index contributed by atoms with van der Waals surface area (Å²) >= 11 is 0. The molecule has 1 heterocycles. The molecule has 6 rings (SSSR count). The van der Waals surface area contributed by atoms with Crippen LogP contribution in [0.25, 0.3) is 60.5 Å². The fraction of sp³-hybridized carbons (Fsp3) is 0.0270. The second-order valence-corrected chi connectivity index (χ2v) is 9.65. The Bertz CT molecular complexity index is 1930. The number of rotatable bonds is 6. The lowest BCUT2D eigenvalue weighted by atomic mass is 9.98. The largest absolute Gasteiger partial charge is 0.404 e. The maximum Gasteiger partial charge on any atom is 0.0619 e. The van der Waals surface area contributed by atoms with E-state index in [0.717, 1.165) is 28.0 Å². The zero-order valence-electron chi connectivity index (χ0n) is 22.1. The highest BCUT2D eigenvalue weighted by atomic mass is 15.0. The van der Waals surface area contributed by atoms with Crippen LogP contribution in [0.15, 0.2) is 141 Å². The number of nitrogens with two attached hydrogens (primary N) is 1. The van der Waals surface area contributed by atoms with Crippen molar-refractivity contribution in [2.24, 2.45) is 5.73 Å². The van der Waals surface area contributed by atoms with Crippen LogP contribution in [0.5, 0.6) is 0 Å². The molecule has 0 saturated heterocycles. The van der Waals surface area contributed by atoms with Crippen LogP contribution >= 0.6 is 0 Å². The van der Waals surface area contributed by atoms with Gasteiger partial charge in [0, 0.05) is 28.0 Å². The van der Waals surface area contributed by atoms with Crippen molar-refractivity contribution in [1.82, 2.24) is 4.57 Å². The number of hydrogen-bond acceptors (Lipinski definition) is 1. The molecule has 0 aliphatic carbocycles. The molecule has 0 spiro atoms. The number of aromatic nitrogens is 1. The number of nitrogens with zero attached hydrogens (tertiary/aromatic N) is 1. The van der Waals surface area contributed by atoms with E-state index in [1.54, 1.807) is 12.3 Å². The summed E-state index contributed by atoms with van der Waals surface area (Å²) in [7, 11) is 0. The molecule has 0 aliphatic rings. The van der Waals surface area contributed by atoms with Gasteiger partial charge in [-0.25, -0.2) is 0 Å². The first-order chi connectivity index (χ1) is 19.2. The summed E-state index contributed by atoms with van der Waals surface area (Å²) in [6, 6.07) is 37.1. The molecule has 0 fully saturated rings. The summed E-state index contributed by atoms with van der Waals surface area (Å²) in [6.07, 6.45) is 7.39. The molecular weight excluding hydrogens is 472 g/mol. The molecule has 5 aromatic carbocycles. The second kappa shape index (κ2) is 10.00. The molecule has 188 valence electrons. The zero-order valence-corrected chi connectivity index (χ0v) is 22.1. The van der Waals surface area contributed by atoms with Gasteiger partial charge in [-0.3, -0.25) is 0 Å². The molecule has 2 heteroatoms. The predicted molar refractivity (Wildman–Crippen MR) is 170 cm³/mol. The minimum Gasteiger partial charge on any atom is -0.404 e. The second-order valence-electron chi connectivity index (χ2n) is 9.65. The van der Waals surface area contributed by atoms with E-state index in [-0.39, 0.29) is 0 Å². The minimum atomic E-state index is 0.922. The quantitative estimate of drug-likeness (QED) is 0.226. The van der Waals surface area contributed by atoms with Crippen LogP contribution in [-0.4, -0.2) is 4.57 Å². The highest BCUT2D eigenvalue weighted by molar-refractivity contribution is 6.19. The van der Waals surface area contributed by atoms with Gasteiger partial charge >= 0.3 is 0 Å². The third-order valence-corrected chi connectivity index (χ3v) is 7.57. The average molecular weight is 503 g/mol. The van der Waals surface area contributed by atoms with Gasteiger partial charge in [0.25, 0.3) is 0 Å². The summed E-state index contributed by atoms with van der Waals surface area (Å²) in [5, 5.41) is 4.92. The number of hydrogen-bond donors (Lipinski definition) is 1. The Morgan fingerprint density at radius 2 is 1.33 bits per heavy atom. The molecule has 0 radical (unpaired) electrons. The van der Waals surface area contributed by atoms with Crippen molar-refractivity contribution in [3.63, 3.8) is 0 Å². The first kappa shape index (κ1) is 24.3. The molecule has 0 atom stereocenters. The smallest absolute Gasteiger partial charge is 0.0619 e. The van der Waals surface area contributed by atoms with Gasteiger partial charge in [-0.1, -0.05) is 110 Å². The first-order valence-corrected chi connectivity index (χ1v) is 13.2. The molecule has 0 amide bonds. The van der Waals surface area contributed by atoms with Crippen molar-refractivity contribution >= 4 is 43.7 Å². The Hall–Kier alpha value is -5.08. The first-order valence-electron chi connectivity index (χ1n) is 13.2. The van der Waals surface area contributed by atoms with Crippen molar-refractivity contribution in [3.05, 3.63) is 152 Å². The molecule has 0 saturated carbocycles. The average Bonchev–Trinajstić information content (AvgIpc) is 3.33. The fourth-order valence-electron chi connectivity index (χ4n) is 5.58. The fourth-order valence-corrected chi connectivity index (χ4v) is 5.58.